The first-order valence-electron chi connectivity index (χ1n) is 7.77. The van der Waals surface area contributed by atoms with Crippen LogP contribution in [0.15, 0.2) is 35.7 Å². The zero-order chi connectivity index (χ0) is 18.0. The van der Waals surface area contributed by atoms with Crippen molar-refractivity contribution in [2.75, 3.05) is 25.1 Å². The van der Waals surface area contributed by atoms with Crippen molar-refractivity contribution in [2.24, 2.45) is 5.92 Å². The molecule has 0 aliphatic carbocycles. The number of halogens is 1. The summed E-state index contributed by atoms with van der Waals surface area (Å²) < 4.78 is 24.7. The van der Waals surface area contributed by atoms with Crippen LogP contribution in [-0.4, -0.2) is 40.1 Å². The molecule has 3 rings (SSSR count). The summed E-state index contributed by atoms with van der Waals surface area (Å²) >= 11 is 7.21. The summed E-state index contributed by atoms with van der Waals surface area (Å²) in [5.41, 5.74) is 1.01. The largest absolute Gasteiger partial charge is 0.488 e. The maximum absolute atomic E-state index is 12.4. The highest BCUT2D eigenvalue weighted by Gasteiger charge is 2.33. The number of carbonyl (C=O) groups is 1. The van der Waals surface area contributed by atoms with Crippen LogP contribution in [0.1, 0.15) is 15.2 Å². The van der Waals surface area contributed by atoms with Gasteiger partial charge in [0.15, 0.2) is 0 Å². The van der Waals surface area contributed by atoms with E-state index in [0.29, 0.717) is 41.1 Å². The predicted octanol–water partition coefficient (Wildman–Crippen LogP) is 3.73. The Balaban J connectivity index is 1.51. The van der Waals surface area contributed by atoms with Gasteiger partial charge in [-0.3, -0.25) is 13.8 Å². The zero-order valence-corrected chi connectivity index (χ0v) is 16.1. The molecule has 2 aromatic rings. The molecule has 1 atom stereocenters. The SMILES string of the molecule is CS(=N)(=O)CC1CN(C(=O)c2cc(OCc3ccc(Cl)cc3)cs2)C1. The topological polar surface area (TPSA) is 70.5 Å². The van der Waals surface area contributed by atoms with E-state index in [4.69, 9.17) is 21.1 Å². The molecule has 0 bridgehead atoms. The van der Waals surface area contributed by atoms with Gasteiger partial charge in [-0.15, -0.1) is 11.3 Å². The van der Waals surface area contributed by atoms with Crippen LogP contribution in [0.3, 0.4) is 0 Å². The lowest BCUT2D eigenvalue weighted by Crippen LogP contribution is -2.51. The van der Waals surface area contributed by atoms with Crippen LogP contribution in [0.2, 0.25) is 5.02 Å². The Labute approximate surface area is 156 Å². The van der Waals surface area contributed by atoms with Gasteiger partial charge in [-0.05, 0) is 17.7 Å². The first kappa shape index (κ1) is 18.2. The molecule has 2 heterocycles. The summed E-state index contributed by atoms with van der Waals surface area (Å²) in [5, 5.41) is 2.51. The molecular formula is C17H19ClN2O3S2. The number of likely N-dealkylation sites (tertiary alicyclic amines) is 1. The van der Waals surface area contributed by atoms with Crippen molar-refractivity contribution in [2.45, 2.75) is 6.61 Å². The van der Waals surface area contributed by atoms with Gasteiger partial charge in [-0.2, -0.15) is 0 Å². The molecule has 25 heavy (non-hydrogen) atoms. The average Bonchev–Trinajstić information content (AvgIpc) is 2.97. The highest BCUT2D eigenvalue weighted by Crippen LogP contribution is 2.27. The molecule has 8 heteroatoms. The summed E-state index contributed by atoms with van der Waals surface area (Å²) in [4.78, 5) is 14.8. The Morgan fingerprint density at radius 1 is 1.40 bits per heavy atom. The van der Waals surface area contributed by atoms with Gasteiger partial charge in [0.1, 0.15) is 12.4 Å². The lowest BCUT2D eigenvalue weighted by molar-refractivity contribution is 0.0540. The van der Waals surface area contributed by atoms with E-state index in [2.05, 4.69) is 0 Å². The van der Waals surface area contributed by atoms with E-state index >= 15 is 0 Å². The second-order valence-corrected chi connectivity index (χ2v) is 10.0. The Kier molecular flexibility index (Phi) is 5.36. The van der Waals surface area contributed by atoms with Crippen LogP contribution in [0.5, 0.6) is 5.75 Å². The number of benzene rings is 1. The van der Waals surface area contributed by atoms with Crippen molar-refractivity contribution in [1.82, 2.24) is 4.90 Å². The van der Waals surface area contributed by atoms with Crippen LogP contribution in [0.4, 0.5) is 0 Å². The van der Waals surface area contributed by atoms with Crippen LogP contribution in [-0.2, 0) is 16.3 Å². The number of ether oxygens (including phenoxy) is 1. The van der Waals surface area contributed by atoms with Gasteiger partial charge >= 0.3 is 0 Å². The quantitative estimate of drug-likeness (QED) is 0.805. The van der Waals surface area contributed by atoms with E-state index in [9.17, 15) is 9.00 Å². The standard InChI is InChI=1S/C17H19ClN2O3S2/c1-25(19,22)11-13-7-20(8-13)17(21)16-6-15(10-24-16)23-9-12-2-4-14(18)5-3-12/h2-6,10,13,19H,7-9,11H2,1H3. The molecule has 1 N–H and O–H groups in total. The molecule has 1 amide bonds. The summed E-state index contributed by atoms with van der Waals surface area (Å²) in [5.74, 6) is 1.16. The van der Waals surface area contributed by atoms with Crippen LogP contribution in [0.25, 0.3) is 0 Å². The number of thiophene rings is 1. The summed E-state index contributed by atoms with van der Waals surface area (Å²) in [6.45, 7) is 1.56. The van der Waals surface area contributed by atoms with Crippen molar-refractivity contribution in [3.8, 4) is 5.75 Å². The Morgan fingerprint density at radius 2 is 2.08 bits per heavy atom. The van der Waals surface area contributed by atoms with Crippen LogP contribution < -0.4 is 4.74 Å². The van der Waals surface area contributed by atoms with E-state index < -0.39 is 9.73 Å². The van der Waals surface area contributed by atoms with Crippen molar-refractivity contribution in [3.63, 3.8) is 0 Å². The molecule has 0 spiro atoms. The molecule has 1 aromatic heterocycles. The summed E-state index contributed by atoms with van der Waals surface area (Å²) in [6, 6.07) is 9.19. The van der Waals surface area contributed by atoms with E-state index in [-0.39, 0.29) is 11.8 Å². The van der Waals surface area contributed by atoms with Gasteiger partial charge in [0.25, 0.3) is 5.91 Å². The maximum atomic E-state index is 12.4. The molecule has 0 radical (unpaired) electrons. The molecule has 0 saturated carbocycles. The predicted molar refractivity (Wildman–Crippen MR) is 101 cm³/mol. The molecule has 1 unspecified atom stereocenters. The first-order chi connectivity index (χ1) is 11.8. The zero-order valence-electron chi connectivity index (χ0n) is 13.7. The summed E-state index contributed by atoms with van der Waals surface area (Å²) in [7, 11) is -2.49. The normalized spacial score (nSPS) is 17.0. The molecule has 1 fully saturated rings. The second kappa shape index (κ2) is 7.35. The minimum atomic E-state index is -2.49. The molecule has 1 saturated heterocycles. The van der Waals surface area contributed by atoms with Crippen molar-refractivity contribution in [1.29, 1.82) is 4.78 Å². The summed E-state index contributed by atoms with van der Waals surface area (Å²) in [6.07, 6.45) is 1.45. The van der Waals surface area contributed by atoms with Crippen molar-refractivity contribution >= 4 is 38.6 Å². The molecular weight excluding hydrogens is 380 g/mol. The number of nitrogens with zero attached hydrogens (tertiary/aromatic N) is 1. The van der Waals surface area contributed by atoms with Gasteiger partial charge in [-0.1, -0.05) is 23.7 Å². The number of hydrogen-bond acceptors (Lipinski definition) is 5. The number of carbonyl (C=O) groups excluding carboxylic acids is 1. The highest BCUT2D eigenvalue weighted by atomic mass is 35.5. The average molecular weight is 399 g/mol. The lowest BCUT2D eigenvalue weighted by atomic mass is 10.0. The fraction of sp³-hybridized carbons (Fsp3) is 0.353. The third-order valence-corrected chi connectivity index (χ3v) is 6.16. The van der Waals surface area contributed by atoms with E-state index in [1.165, 1.54) is 17.6 Å². The Bertz CT molecular complexity index is 856. The van der Waals surface area contributed by atoms with Gasteiger partial charge in [0, 0.05) is 57.2 Å². The van der Waals surface area contributed by atoms with Gasteiger partial charge in [0.05, 0.1) is 4.88 Å². The Hall–Kier alpha value is -1.57. The third kappa shape index (κ3) is 4.96. The molecule has 134 valence electrons. The highest BCUT2D eigenvalue weighted by molar-refractivity contribution is 7.91. The first-order valence-corrected chi connectivity index (χ1v) is 11.2. The van der Waals surface area contributed by atoms with Crippen LogP contribution >= 0.6 is 22.9 Å². The number of nitrogens with one attached hydrogen (secondary N) is 1. The van der Waals surface area contributed by atoms with Gasteiger partial charge < -0.3 is 9.64 Å². The minimum Gasteiger partial charge on any atom is -0.488 e. The maximum Gasteiger partial charge on any atom is 0.264 e. The minimum absolute atomic E-state index is 0.0322. The van der Waals surface area contributed by atoms with Gasteiger partial charge in [-0.25, -0.2) is 0 Å². The van der Waals surface area contributed by atoms with Crippen LogP contribution in [0, 0.1) is 10.7 Å². The Morgan fingerprint density at radius 3 is 2.72 bits per heavy atom. The van der Waals surface area contributed by atoms with E-state index in [1.807, 2.05) is 29.6 Å². The lowest BCUT2D eigenvalue weighted by Gasteiger charge is -2.39. The fourth-order valence-corrected chi connectivity index (χ4v) is 4.73. The monoisotopic (exact) mass is 398 g/mol. The van der Waals surface area contributed by atoms with Crippen molar-refractivity contribution < 1.29 is 13.7 Å². The molecule has 5 nitrogen and oxygen atoms in total. The fourth-order valence-electron chi connectivity index (χ4n) is 2.70. The molecule has 1 aromatic carbocycles. The number of amides is 1. The third-order valence-electron chi connectivity index (χ3n) is 3.90. The van der Waals surface area contributed by atoms with Crippen molar-refractivity contribution in [3.05, 3.63) is 51.2 Å². The smallest absolute Gasteiger partial charge is 0.264 e. The van der Waals surface area contributed by atoms with E-state index in [0.717, 1.165) is 5.56 Å². The van der Waals surface area contributed by atoms with E-state index in [1.54, 1.807) is 11.0 Å². The second-order valence-electron chi connectivity index (χ2n) is 6.31. The van der Waals surface area contributed by atoms with Gasteiger partial charge in [0.2, 0.25) is 0 Å². The molecule has 1 aliphatic heterocycles. The number of rotatable bonds is 6. The molecule has 1 aliphatic rings. The number of hydrogen-bond donors (Lipinski definition) is 1.